The molecule has 0 saturated carbocycles. The summed E-state index contributed by atoms with van der Waals surface area (Å²) in [5, 5.41) is 9.27. The number of phenols is 1. The average Bonchev–Trinajstić information content (AvgIpc) is 2.10. The lowest BCUT2D eigenvalue weighted by atomic mass is 10.0. The molecule has 80 valence electrons. The topological polar surface area (TPSA) is 46.2 Å². The number of phenolic OH excluding ortho intramolecular Hbond substituents is 1. The van der Waals surface area contributed by atoms with Crippen LogP contribution in [0, 0.1) is 0 Å². The zero-order valence-corrected chi connectivity index (χ0v) is 10.4. The summed E-state index contributed by atoms with van der Waals surface area (Å²) in [5.74, 6) is 0.257. The molecule has 0 spiro atoms. The second-order valence-corrected chi connectivity index (χ2v) is 3.96. The summed E-state index contributed by atoms with van der Waals surface area (Å²) < 4.78 is 0.705. The van der Waals surface area contributed by atoms with Gasteiger partial charge in [-0.2, -0.15) is 0 Å². The second kappa shape index (κ2) is 6.27. The van der Waals surface area contributed by atoms with E-state index >= 15 is 0 Å². The van der Waals surface area contributed by atoms with Crippen LogP contribution in [0.2, 0.25) is 0 Å². The molecule has 2 nitrogen and oxygen atoms in total. The molecule has 0 saturated heterocycles. The van der Waals surface area contributed by atoms with Crippen LogP contribution in [0.1, 0.15) is 31.4 Å². The number of hydrogen-bond donors (Lipinski definition) is 2. The Balaban J connectivity index is 0.00000169. The van der Waals surface area contributed by atoms with Gasteiger partial charge in [0.25, 0.3) is 0 Å². The van der Waals surface area contributed by atoms with Crippen molar-refractivity contribution in [1.29, 1.82) is 0 Å². The highest BCUT2D eigenvalue weighted by Gasteiger charge is 2.06. The fourth-order valence-electron chi connectivity index (χ4n) is 1.23. The molecular weight excluding hydrogens is 265 g/mol. The fourth-order valence-corrected chi connectivity index (χ4v) is 1.63. The third kappa shape index (κ3) is 3.48. The van der Waals surface area contributed by atoms with Gasteiger partial charge in [-0.3, -0.25) is 0 Å². The van der Waals surface area contributed by atoms with Gasteiger partial charge in [0.1, 0.15) is 5.75 Å². The van der Waals surface area contributed by atoms with E-state index in [9.17, 15) is 5.11 Å². The molecular formula is C10H15BrClNO. The van der Waals surface area contributed by atoms with E-state index in [0.717, 1.165) is 18.4 Å². The molecule has 0 amide bonds. The summed E-state index contributed by atoms with van der Waals surface area (Å²) >= 11 is 3.26. The number of hydrogen-bond acceptors (Lipinski definition) is 2. The molecule has 0 aromatic heterocycles. The van der Waals surface area contributed by atoms with E-state index in [4.69, 9.17) is 5.73 Å². The third-order valence-electron chi connectivity index (χ3n) is 2.00. The van der Waals surface area contributed by atoms with E-state index < -0.39 is 0 Å². The minimum absolute atomic E-state index is 0. The van der Waals surface area contributed by atoms with Gasteiger partial charge >= 0.3 is 0 Å². The first kappa shape index (κ1) is 13.8. The van der Waals surface area contributed by atoms with Crippen LogP contribution in [0.3, 0.4) is 0 Å². The molecule has 0 bridgehead atoms. The van der Waals surface area contributed by atoms with Crippen molar-refractivity contribution in [2.24, 2.45) is 5.73 Å². The van der Waals surface area contributed by atoms with Crippen LogP contribution in [0.4, 0.5) is 0 Å². The summed E-state index contributed by atoms with van der Waals surface area (Å²) in [6, 6.07) is 5.47. The van der Waals surface area contributed by atoms with Gasteiger partial charge < -0.3 is 10.8 Å². The highest BCUT2D eigenvalue weighted by Crippen LogP contribution is 2.27. The molecule has 0 radical (unpaired) electrons. The molecule has 3 N–H and O–H groups in total. The van der Waals surface area contributed by atoms with Crippen molar-refractivity contribution in [2.45, 2.75) is 25.8 Å². The predicted octanol–water partition coefficient (Wildman–Crippen LogP) is 3.38. The van der Waals surface area contributed by atoms with E-state index in [1.54, 1.807) is 6.07 Å². The molecule has 1 aromatic carbocycles. The normalized spacial score (nSPS) is 11.9. The molecule has 14 heavy (non-hydrogen) atoms. The third-order valence-corrected chi connectivity index (χ3v) is 2.63. The Morgan fingerprint density at radius 1 is 1.50 bits per heavy atom. The lowest BCUT2D eigenvalue weighted by Gasteiger charge is -2.11. The number of benzene rings is 1. The Labute approximate surface area is 99.0 Å². The smallest absolute Gasteiger partial charge is 0.129 e. The van der Waals surface area contributed by atoms with Crippen LogP contribution in [-0.2, 0) is 0 Å². The Hall–Kier alpha value is -0.250. The lowest BCUT2D eigenvalue weighted by Crippen LogP contribution is -2.09. The maximum absolute atomic E-state index is 9.27. The number of nitrogens with two attached hydrogens (primary N) is 1. The molecule has 1 aromatic rings. The molecule has 0 aliphatic carbocycles. The molecule has 1 rings (SSSR count). The molecule has 1 atom stereocenters. The van der Waals surface area contributed by atoms with Crippen LogP contribution < -0.4 is 5.73 Å². The number of halogens is 2. The van der Waals surface area contributed by atoms with Gasteiger partial charge in [-0.15, -0.1) is 12.4 Å². The van der Waals surface area contributed by atoms with Crippen molar-refractivity contribution in [3.8, 4) is 5.75 Å². The van der Waals surface area contributed by atoms with Crippen molar-refractivity contribution in [1.82, 2.24) is 0 Å². The quantitative estimate of drug-likeness (QED) is 0.891. The molecule has 0 aliphatic rings. The van der Waals surface area contributed by atoms with Crippen molar-refractivity contribution >= 4 is 28.3 Å². The molecule has 0 aliphatic heterocycles. The first-order valence-electron chi connectivity index (χ1n) is 4.39. The summed E-state index contributed by atoms with van der Waals surface area (Å²) in [6.07, 6.45) is 2.04. The van der Waals surface area contributed by atoms with Crippen LogP contribution in [-0.4, -0.2) is 5.11 Å². The van der Waals surface area contributed by atoms with Crippen molar-refractivity contribution in [3.63, 3.8) is 0 Å². The molecule has 0 heterocycles. The highest BCUT2D eigenvalue weighted by atomic mass is 79.9. The van der Waals surface area contributed by atoms with E-state index in [1.807, 2.05) is 12.1 Å². The largest absolute Gasteiger partial charge is 0.507 e. The maximum Gasteiger partial charge on any atom is 0.129 e. The second-order valence-electron chi connectivity index (χ2n) is 3.11. The van der Waals surface area contributed by atoms with E-state index in [1.165, 1.54) is 0 Å². The van der Waals surface area contributed by atoms with Gasteiger partial charge in [-0.1, -0.05) is 19.4 Å². The van der Waals surface area contributed by atoms with Gasteiger partial charge in [-0.05, 0) is 40.0 Å². The van der Waals surface area contributed by atoms with Crippen molar-refractivity contribution in [3.05, 3.63) is 28.2 Å². The summed E-state index contributed by atoms with van der Waals surface area (Å²) in [7, 11) is 0. The maximum atomic E-state index is 9.27. The van der Waals surface area contributed by atoms with E-state index in [0.29, 0.717) is 4.47 Å². The average molecular weight is 281 g/mol. The fraction of sp³-hybridized carbons (Fsp3) is 0.400. The Kier molecular flexibility index (Phi) is 6.16. The zero-order valence-electron chi connectivity index (χ0n) is 8.03. The zero-order chi connectivity index (χ0) is 9.84. The summed E-state index contributed by atoms with van der Waals surface area (Å²) in [5.41, 5.74) is 6.98. The van der Waals surface area contributed by atoms with Crippen LogP contribution in [0.25, 0.3) is 0 Å². The Bertz CT molecular complexity index is 293. The van der Waals surface area contributed by atoms with Crippen LogP contribution in [0.15, 0.2) is 22.7 Å². The van der Waals surface area contributed by atoms with Crippen molar-refractivity contribution < 1.29 is 5.11 Å². The van der Waals surface area contributed by atoms with Gasteiger partial charge in [0.2, 0.25) is 0 Å². The molecule has 4 heteroatoms. The van der Waals surface area contributed by atoms with Gasteiger partial charge in [-0.25, -0.2) is 0 Å². The van der Waals surface area contributed by atoms with Crippen LogP contribution in [0.5, 0.6) is 5.75 Å². The first-order valence-corrected chi connectivity index (χ1v) is 5.18. The highest BCUT2D eigenvalue weighted by molar-refractivity contribution is 9.10. The molecule has 0 fully saturated rings. The monoisotopic (exact) mass is 279 g/mol. The van der Waals surface area contributed by atoms with E-state index in [2.05, 4.69) is 22.9 Å². The summed E-state index contributed by atoms with van der Waals surface area (Å²) in [6.45, 7) is 2.11. The predicted molar refractivity (Wildman–Crippen MR) is 64.9 cm³/mol. The van der Waals surface area contributed by atoms with Gasteiger partial charge in [0.15, 0.2) is 0 Å². The SMILES string of the molecule is CCC[C@@H](N)c1ccc(O)c(Br)c1.Cl. The minimum atomic E-state index is 0. The first-order chi connectivity index (χ1) is 6.15. The lowest BCUT2D eigenvalue weighted by molar-refractivity contribution is 0.471. The summed E-state index contributed by atoms with van der Waals surface area (Å²) in [4.78, 5) is 0. The van der Waals surface area contributed by atoms with Crippen LogP contribution >= 0.6 is 28.3 Å². The van der Waals surface area contributed by atoms with Gasteiger partial charge in [0, 0.05) is 6.04 Å². The Morgan fingerprint density at radius 2 is 2.14 bits per heavy atom. The van der Waals surface area contributed by atoms with E-state index in [-0.39, 0.29) is 24.2 Å². The van der Waals surface area contributed by atoms with Gasteiger partial charge in [0.05, 0.1) is 4.47 Å². The minimum Gasteiger partial charge on any atom is -0.507 e. The number of rotatable bonds is 3. The molecule has 0 unspecified atom stereocenters. The number of aromatic hydroxyl groups is 1. The van der Waals surface area contributed by atoms with Crippen molar-refractivity contribution in [2.75, 3.05) is 0 Å². The Morgan fingerprint density at radius 3 is 2.64 bits per heavy atom. The standard InChI is InChI=1S/C10H14BrNO.ClH/c1-2-3-9(12)7-4-5-10(13)8(11)6-7;/h4-6,9,13H,2-3,12H2,1H3;1H/t9-;/m1./s1.